The minimum absolute atomic E-state index is 0.142. The van der Waals surface area contributed by atoms with Gasteiger partial charge >= 0.3 is 12.2 Å². The van der Waals surface area contributed by atoms with E-state index in [4.69, 9.17) is 9.47 Å². The second kappa shape index (κ2) is 16.8. The third-order valence-electron chi connectivity index (χ3n) is 10.1. The fourth-order valence-electron chi connectivity index (χ4n) is 7.50. The maximum atomic E-state index is 12.2. The Balaban J connectivity index is 0.000000222. The molecule has 1 N–H and O–H groups in total. The molecule has 8 nitrogen and oxygen atoms in total. The number of carbonyl (C=O) groups is 2. The molecule has 0 bridgehead atoms. The van der Waals surface area contributed by atoms with Crippen molar-refractivity contribution in [1.29, 1.82) is 0 Å². The first-order valence-corrected chi connectivity index (χ1v) is 19.1. The summed E-state index contributed by atoms with van der Waals surface area (Å²) in [6.45, 7) is 19.6. The van der Waals surface area contributed by atoms with Crippen LogP contribution in [0.15, 0.2) is 29.2 Å². The van der Waals surface area contributed by atoms with Crippen molar-refractivity contribution in [2.75, 3.05) is 63.5 Å². The van der Waals surface area contributed by atoms with Crippen molar-refractivity contribution in [2.24, 2.45) is 23.7 Å². The first-order chi connectivity index (χ1) is 21.8. The summed E-state index contributed by atoms with van der Waals surface area (Å²) in [5, 5.41) is 3.42. The normalized spacial score (nSPS) is 21.4. The highest BCUT2D eigenvalue weighted by Gasteiger charge is 2.33. The number of hydrogen-bond acceptors (Lipinski definition) is 7. The molecule has 260 valence electrons. The number of benzene rings is 1. The number of piperidine rings is 4. The third kappa shape index (κ3) is 11.5. The van der Waals surface area contributed by atoms with Gasteiger partial charge < -0.3 is 29.5 Å². The lowest BCUT2D eigenvalue weighted by Crippen LogP contribution is -2.44. The molecule has 0 unspecified atom stereocenters. The number of nitrogens with one attached hydrogen (secondary N) is 1. The summed E-state index contributed by atoms with van der Waals surface area (Å²) in [6, 6.07) is 8.95. The summed E-state index contributed by atoms with van der Waals surface area (Å²) in [6.07, 6.45) is 11.5. The quantitative estimate of drug-likeness (QED) is 0.330. The van der Waals surface area contributed by atoms with Crippen LogP contribution in [0.4, 0.5) is 15.3 Å². The lowest BCUT2D eigenvalue weighted by Gasteiger charge is -2.41. The average Bonchev–Trinajstić information content (AvgIpc) is 3.04. The van der Waals surface area contributed by atoms with Gasteiger partial charge in [-0.1, -0.05) is 0 Å². The van der Waals surface area contributed by atoms with Gasteiger partial charge in [0.25, 0.3) is 0 Å². The fraction of sp³-hybridized carbons (Fsp3) is 0.784. The van der Waals surface area contributed by atoms with Gasteiger partial charge in [0.1, 0.15) is 11.2 Å². The standard InChI is InChI=1S/C22H34N2O2S.C15H28N2O2/c1-22(2,3)26-21(25)24-15-11-18(12-16-24)17-9-13-23(14-10-17)19-5-7-20(27-4)8-6-19;1-15(2,3)19-14(18)17-10-6-13(7-11-17)12-4-8-16-9-5-12/h5-8,17-18H,9-16H2,1-4H3;12-13,16H,4-11H2,1-3H3. The van der Waals surface area contributed by atoms with E-state index in [1.165, 1.54) is 36.3 Å². The van der Waals surface area contributed by atoms with Crippen LogP contribution in [0.25, 0.3) is 0 Å². The molecular formula is C37H62N4O4S. The van der Waals surface area contributed by atoms with Crippen molar-refractivity contribution in [3.63, 3.8) is 0 Å². The van der Waals surface area contributed by atoms with Gasteiger partial charge in [-0.2, -0.15) is 0 Å². The Hall–Kier alpha value is -2.13. The zero-order chi connectivity index (χ0) is 33.3. The lowest BCUT2D eigenvalue weighted by atomic mass is 9.79. The molecule has 0 spiro atoms. The van der Waals surface area contributed by atoms with E-state index < -0.39 is 5.60 Å². The number of carbonyl (C=O) groups excluding carboxylic acids is 2. The molecule has 1 aromatic carbocycles. The summed E-state index contributed by atoms with van der Waals surface area (Å²) < 4.78 is 11.0. The van der Waals surface area contributed by atoms with E-state index in [0.717, 1.165) is 102 Å². The van der Waals surface area contributed by atoms with Gasteiger partial charge in [-0.25, -0.2) is 9.59 Å². The Kier molecular flexibility index (Phi) is 13.4. The highest BCUT2D eigenvalue weighted by atomic mass is 32.2. The molecule has 4 fully saturated rings. The van der Waals surface area contributed by atoms with E-state index >= 15 is 0 Å². The van der Waals surface area contributed by atoms with Crippen LogP contribution in [-0.4, -0.2) is 91.8 Å². The molecule has 4 saturated heterocycles. The van der Waals surface area contributed by atoms with E-state index in [0.29, 0.717) is 0 Å². The Bertz CT molecular complexity index is 1070. The van der Waals surface area contributed by atoms with E-state index in [1.807, 2.05) is 51.3 Å². The van der Waals surface area contributed by atoms with Crippen LogP contribution in [0, 0.1) is 23.7 Å². The minimum atomic E-state index is -0.408. The summed E-state index contributed by atoms with van der Waals surface area (Å²) in [5.41, 5.74) is 0.559. The van der Waals surface area contributed by atoms with E-state index in [9.17, 15) is 9.59 Å². The summed E-state index contributed by atoms with van der Waals surface area (Å²) in [5.74, 6) is 3.22. The number of likely N-dealkylation sites (tertiary alicyclic amines) is 2. The van der Waals surface area contributed by atoms with Gasteiger partial charge in [0.2, 0.25) is 0 Å². The van der Waals surface area contributed by atoms with Gasteiger partial charge in [-0.15, -0.1) is 11.8 Å². The topological polar surface area (TPSA) is 74.4 Å². The van der Waals surface area contributed by atoms with Crippen LogP contribution in [0.5, 0.6) is 0 Å². The van der Waals surface area contributed by atoms with Crippen molar-refractivity contribution >= 4 is 29.6 Å². The maximum Gasteiger partial charge on any atom is 0.410 e. The first kappa shape index (κ1) is 36.7. The van der Waals surface area contributed by atoms with Crippen LogP contribution in [0.1, 0.15) is 92.9 Å². The van der Waals surface area contributed by atoms with Crippen LogP contribution >= 0.6 is 11.8 Å². The van der Waals surface area contributed by atoms with Gasteiger partial charge in [-0.05, 0) is 160 Å². The van der Waals surface area contributed by atoms with Crippen LogP contribution < -0.4 is 10.2 Å². The molecule has 9 heteroatoms. The molecule has 4 aliphatic rings. The number of nitrogens with zero attached hydrogens (tertiary/aromatic N) is 3. The number of amides is 2. The highest BCUT2D eigenvalue weighted by Crippen LogP contribution is 2.35. The summed E-state index contributed by atoms with van der Waals surface area (Å²) in [7, 11) is 0. The molecule has 0 atom stereocenters. The second-order valence-corrected chi connectivity index (χ2v) is 16.6. The van der Waals surface area contributed by atoms with Crippen LogP contribution in [-0.2, 0) is 9.47 Å². The maximum absolute atomic E-state index is 12.2. The predicted molar refractivity (Wildman–Crippen MR) is 190 cm³/mol. The van der Waals surface area contributed by atoms with Gasteiger partial charge in [0.05, 0.1) is 0 Å². The summed E-state index contributed by atoms with van der Waals surface area (Å²) >= 11 is 1.79. The zero-order valence-corrected chi connectivity index (χ0v) is 30.6. The molecule has 4 heterocycles. The molecule has 5 rings (SSSR count). The van der Waals surface area contributed by atoms with Crippen LogP contribution in [0.3, 0.4) is 0 Å². The van der Waals surface area contributed by atoms with E-state index in [2.05, 4.69) is 40.7 Å². The molecule has 0 aromatic heterocycles. The molecular weight excluding hydrogens is 596 g/mol. The van der Waals surface area contributed by atoms with Crippen LogP contribution in [0.2, 0.25) is 0 Å². The Morgan fingerprint density at radius 2 is 1.00 bits per heavy atom. The number of ether oxygens (including phenoxy) is 2. The lowest BCUT2D eigenvalue weighted by molar-refractivity contribution is 0.0142. The Morgan fingerprint density at radius 3 is 1.37 bits per heavy atom. The molecule has 4 aliphatic heterocycles. The highest BCUT2D eigenvalue weighted by molar-refractivity contribution is 7.98. The van der Waals surface area contributed by atoms with Gasteiger partial charge in [0.15, 0.2) is 0 Å². The Morgan fingerprint density at radius 1 is 0.630 bits per heavy atom. The molecule has 0 saturated carbocycles. The molecule has 46 heavy (non-hydrogen) atoms. The largest absolute Gasteiger partial charge is 0.444 e. The average molecular weight is 659 g/mol. The van der Waals surface area contributed by atoms with Gasteiger partial charge in [-0.3, -0.25) is 0 Å². The van der Waals surface area contributed by atoms with Crippen molar-refractivity contribution in [2.45, 2.75) is 109 Å². The monoisotopic (exact) mass is 658 g/mol. The number of anilines is 1. The summed E-state index contributed by atoms with van der Waals surface area (Å²) in [4.78, 5) is 31.8. The molecule has 1 aromatic rings. The number of thioether (sulfide) groups is 1. The fourth-order valence-corrected chi connectivity index (χ4v) is 7.91. The van der Waals surface area contributed by atoms with E-state index in [-0.39, 0.29) is 17.8 Å². The van der Waals surface area contributed by atoms with Crippen molar-refractivity contribution in [1.82, 2.24) is 15.1 Å². The Labute approximate surface area is 283 Å². The molecule has 0 aliphatic carbocycles. The molecule has 2 amide bonds. The predicted octanol–water partition coefficient (Wildman–Crippen LogP) is 7.91. The van der Waals surface area contributed by atoms with Crippen molar-refractivity contribution in [3.05, 3.63) is 24.3 Å². The third-order valence-corrected chi connectivity index (χ3v) is 10.8. The van der Waals surface area contributed by atoms with Gasteiger partial charge in [0, 0.05) is 49.9 Å². The minimum Gasteiger partial charge on any atom is -0.444 e. The van der Waals surface area contributed by atoms with Crippen molar-refractivity contribution in [3.8, 4) is 0 Å². The second-order valence-electron chi connectivity index (χ2n) is 15.7. The number of hydrogen-bond donors (Lipinski definition) is 1. The SMILES string of the molecule is CC(C)(C)OC(=O)N1CCC(C2CCNCC2)CC1.CSc1ccc(N2CCC(C3CCN(C(=O)OC(C)(C)C)CC3)CC2)cc1. The first-order valence-electron chi connectivity index (χ1n) is 17.9. The van der Waals surface area contributed by atoms with E-state index in [1.54, 1.807) is 11.8 Å². The zero-order valence-electron chi connectivity index (χ0n) is 29.8. The molecule has 0 radical (unpaired) electrons. The smallest absolute Gasteiger partial charge is 0.410 e. The van der Waals surface area contributed by atoms with Crippen molar-refractivity contribution < 1.29 is 19.1 Å². The number of rotatable bonds is 4.